The fourth-order valence-electron chi connectivity index (χ4n) is 2.13. The van der Waals surface area contributed by atoms with Crippen molar-refractivity contribution in [2.45, 2.75) is 38.8 Å². The monoisotopic (exact) mass is 236 g/mol. The Morgan fingerprint density at radius 1 is 1.65 bits per heavy atom. The van der Waals surface area contributed by atoms with Gasteiger partial charge in [0.15, 0.2) is 5.82 Å². The summed E-state index contributed by atoms with van der Waals surface area (Å²) in [5.41, 5.74) is -0.0140. The van der Waals surface area contributed by atoms with Gasteiger partial charge in [-0.2, -0.15) is 0 Å². The van der Waals surface area contributed by atoms with Gasteiger partial charge in [0, 0.05) is 31.5 Å². The van der Waals surface area contributed by atoms with E-state index in [1.165, 1.54) is 0 Å². The minimum absolute atomic E-state index is 0.0140. The fraction of sp³-hybridized carbons (Fsp3) is 0.667. The van der Waals surface area contributed by atoms with E-state index in [1.807, 2.05) is 0 Å². The van der Waals surface area contributed by atoms with Crippen LogP contribution in [0.2, 0.25) is 0 Å². The van der Waals surface area contributed by atoms with Crippen LogP contribution in [0.3, 0.4) is 0 Å². The van der Waals surface area contributed by atoms with Gasteiger partial charge in [-0.3, -0.25) is 4.79 Å². The Labute approximate surface area is 101 Å². The van der Waals surface area contributed by atoms with Gasteiger partial charge in [0.05, 0.1) is 0 Å². The van der Waals surface area contributed by atoms with Crippen LogP contribution in [-0.4, -0.2) is 28.7 Å². The Hall–Kier alpha value is -1.36. The molecule has 0 saturated carbocycles. The van der Waals surface area contributed by atoms with Crippen molar-refractivity contribution in [3.8, 4) is 0 Å². The highest BCUT2D eigenvalue weighted by Crippen LogP contribution is 2.06. The molecule has 1 aromatic rings. The lowest BCUT2D eigenvalue weighted by molar-refractivity contribution is 0.478. The van der Waals surface area contributed by atoms with E-state index in [0.717, 1.165) is 38.9 Å². The Morgan fingerprint density at radius 3 is 3.24 bits per heavy atom. The number of hydrogen-bond acceptors (Lipinski definition) is 4. The summed E-state index contributed by atoms with van der Waals surface area (Å²) in [6.45, 7) is 4.79. The molecule has 0 aliphatic carbocycles. The zero-order chi connectivity index (χ0) is 12.1. The molecule has 2 heterocycles. The Kier molecular flexibility index (Phi) is 4.14. The van der Waals surface area contributed by atoms with Gasteiger partial charge in [-0.15, -0.1) is 0 Å². The summed E-state index contributed by atoms with van der Waals surface area (Å²) >= 11 is 0. The second-order valence-corrected chi connectivity index (χ2v) is 4.46. The molecule has 1 fully saturated rings. The SMILES string of the molecule is CCCn1ccnc(NC2CCCNC2)c1=O. The molecule has 0 aromatic carbocycles. The van der Waals surface area contributed by atoms with Gasteiger partial charge in [-0.05, 0) is 25.8 Å². The molecule has 5 heteroatoms. The molecule has 0 spiro atoms. The molecule has 1 atom stereocenters. The molecule has 2 rings (SSSR count). The van der Waals surface area contributed by atoms with Crippen molar-refractivity contribution >= 4 is 5.82 Å². The van der Waals surface area contributed by atoms with Crippen LogP contribution < -0.4 is 16.2 Å². The summed E-state index contributed by atoms with van der Waals surface area (Å²) in [5.74, 6) is 0.481. The van der Waals surface area contributed by atoms with Crippen molar-refractivity contribution in [2.75, 3.05) is 18.4 Å². The lowest BCUT2D eigenvalue weighted by Crippen LogP contribution is -2.40. The van der Waals surface area contributed by atoms with Crippen molar-refractivity contribution in [2.24, 2.45) is 0 Å². The standard InChI is InChI=1S/C12H20N4O/c1-2-7-16-8-6-14-11(12(16)17)15-10-4-3-5-13-9-10/h6,8,10,13H,2-5,7,9H2,1H3,(H,14,15). The molecular weight excluding hydrogens is 216 g/mol. The van der Waals surface area contributed by atoms with Crippen LogP contribution >= 0.6 is 0 Å². The van der Waals surface area contributed by atoms with E-state index in [0.29, 0.717) is 11.9 Å². The zero-order valence-corrected chi connectivity index (χ0v) is 10.3. The second kappa shape index (κ2) is 5.82. The molecule has 1 aromatic heterocycles. The van der Waals surface area contributed by atoms with E-state index in [1.54, 1.807) is 17.0 Å². The Bertz CT molecular complexity index is 409. The number of aromatic nitrogens is 2. The van der Waals surface area contributed by atoms with Crippen LogP contribution in [-0.2, 0) is 6.54 Å². The Balaban J connectivity index is 2.09. The Morgan fingerprint density at radius 2 is 2.53 bits per heavy atom. The third-order valence-corrected chi connectivity index (χ3v) is 3.02. The zero-order valence-electron chi connectivity index (χ0n) is 10.3. The smallest absolute Gasteiger partial charge is 0.293 e. The maximum atomic E-state index is 12.1. The van der Waals surface area contributed by atoms with Crippen molar-refractivity contribution in [1.29, 1.82) is 0 Å². The van der Waals surface area contributed by atoms with E-state index in [-0.39, 0.29) is 5.56 Å². The van der Waals surface area contributed by atoms with Gasteiger partial charge >= 0.3 is 0 Å². The van der Waals surface area contributed by atoms with Crippen molar-refractivity contribution in [3.63, 3.8) is 0 Å². The first-order valence-electron chi connectivity index (χ1n) is 6.34. The van der Waals surface area contributed by atoms with Gasteiger partial charge in [0.1, 0.15) is 0 Å². The molecule has 1 unspecified atom stereocenters. The summed E-state index contributed by atoms with van der Waals surface area (Å²) in [5, 5.41) is 6.56. The predicted molar refractivity (Wildman–Crippen MR) is 68.3 cm³/mol. The van der Waals surface area contributed by atoms with Gasteiger partial charge in [0.25, 0.3) is 5.56 Å². The minimum atomic E-state index is -0.0140. The summed E-state index contributed by atoms with van der Waals surface area (Å²) in [4.78, 5) is 16.2. The van der Waals surface area contributed by atoms with E-state index < -0.39 is 0 Å². The average Bonchev–Trinajstić information content (AvgIpc) is 2.36. The highest BCUT2D eigenvalue weighted by atomic mass is 16.1. The first-order valence-corrected chi connectivity index (χ1v) is 6.34. The number of piperidine rings is 1. The number of aryl methyl sites for hydroxylation is 1. The molecule has 17 heavy (non-hydrogen) atoms. The van der Waals surface area contributed by atoms with Gasteiger partial charge < -0.3 is 15.2 Å². The summed E-state index contributed by atoms with van der Waals surface area (Å²) in [6.07, 6.45) is 6.63. The van der Waals surface area contributed by atoms with E-state index in [2.05, 4.69) is 22.5 Å². The van der Waals surface area contributed by atoms with Crippen LogP contribution in [0.1, 0.15) is 26.2 Å². The lowest BCUT2D eigenvalue weighted by atomic mass is 10.1. The molecule has 1 aliphatic heterocycles. The molecule has 94 valence electrons. The third kappa shape index (κ3) is 3.06. The molecule has 5 nitrogen and oxygen atoms in total. The molecule has 1 saturated heterocycles. The summed E-state index contributed by atoms with van der Waals surface area (Å²) in [7, 11) is 0. The molecule has 0 bridgehead atoms. The minimum Gasteiger partial charge on any atom is -0.361 e. The van der Waals surface area contributed by atoms with Crippen molar-refractivity contribution in [1.82, 2.24) is 14.9 Å². The van der Waals surface area contributed by atoms with Crippen molar-refractivity contribution < 1.29 is 0 Å². The lowest BCUT2D eigenvalue weighted by Gasteiger charge is -2.24. The van der Waals surface area contributed by atoms with Crippen LogP contribution in [0.25, 0.3) is 0 Å². The number of nitrogens with one attached hydrogen (secondary N) is 2. The normalized spacial score (nSPS) is 20.2. The van der Waals surface area contributed by atoms with Crippen LogP contribution in [0.15, 0.2) is 17.2 Å². The van der Waals surface area contributed by atoms with Gasteiger partial charge in [-0.25, -0.2) is 4.98 Å². The quantitative estimate of drug-likeness (QED) is 0.812. The average molecular weight is 236 g/mol. The summed E-state index contributed by atoms with van der Waals surface area (Å²) in [6, 6.07) is 0.321. The summed E-state index contributed by atoms with van der Waals surface area (Å²) < 4.78 is 1.71. The van der Waals surface area contributed by atoms with Gasteiger partial charge in [0.2, 0.25) is 0 Å². The maximum Gasteiger partial charge on any atom is 0.293 e. The van der Waals surface area contributed by atoms with Crippen LogP contribution in [0, 0.1) is 0 Å². The largest absolute Gasteiger partial charge is 0.361 e. The number of hydrogen-bond donors (Lipinski definition) is 2. The molecule has 1 aliphatic rings. The van der Waals surface area contributed by atoms with Crippen LogP contribution in [0.5, 0.6) is 0 Å². The number of rotatable bonds is 4. The first kappa shape index (κ1) is 12.1. The molecule has 2 N–H and O–H groups in total. The predicted octanol–water partition coefficient (Wildman–Crippen LogP) is 0.817. The topological polar surface area (TPSA) is 59.0 Å². The molecular formula is C12H20N4O. The van der Waals surface area contributed by atoms with Crippen molar-refractivity contribution in [3.05, 3.63) is 22.7 Å². The highest BCUT2D eigenvalue weighted by Gasteiger charge is 2.14. The number of nitrogens with zero attached hydrogens (tertiary/aromatic N) is 2. The second-order valence-electron chi connectivity index (χ2n) is 4.46. The number of anilines is 1. The van der Waals surface area contributed by atoms with E-state index in [9.17, 15) is 4.79 Å². The fourth-order valence-corrected chi connectivity index (χ4v) is 2.13. The highest BCUT2D eigenvalue weighted by molar-refractivity contribution is 5.32. The maximum absolute atomic E-state index is 12.1. The van der Waals surface area contributed by atoms with Crippen LogP contribution in [0.4, 0.5) is 5.82 Å². The molecule has 0 amide bonds. The molecule has 0 radical (unpaired) electrons. The van der Waals surface area contributed by atoms with E-state index >= 15 is 0 Å². The third-order valence-electron chi connectivity index (χ3n) is 3.02. The van der Waals surface area contributed by atoms with Gasteiger partial charge in [-0.1, -0.05) is 6.92 Å². The first-order chi connectivity index (χ1) is 8.31. The van der Waals surface area contributed by atoms with E-state index in [4.69, 9.17) is 0 Å².